The Morgan fingerprint density at radius 2 is 1.25 bits per heavy atom. The van der Waals surface area contributed by atoms with Crippen LogP contribution in [0, 0.1) is 0 Å². The van der Waals surface area contributed by atoms with E-state index in [4.69, 9.17) is 11.6 Å². The van der Waals surface area contributed by atoms with Gasteiger partial charge in [0.25, 0.3) is 0 Å². The van der Waals surface area contributed by atoms with E-state index in [9.17, 15) is 9.59 Å². The van der Waals surface area contributed by atoms with Crippen LogP contribution in [0.3, 0.4) is 0 Å². The van der Waals surface area contributed by atoms with Crippen molar-refractivity contribution in [2.24, 2.45) is 0 Å². The van der Waals surface area contributed by atoms with E-state index in [1.807, 2.05) is 24.3 Å². The van der Waals surface area contributed by atoms with Crippen LogP contribution in [0.1, 0.15) is 36.5 Å². The third-order valence-electron chi connectivity index (χ3n) is 3.67. The van der Waals surface area contributed by atoms with Crippen LogP contribution in [-0.2, 0) is 22.7 Å². The topological polar surface area (TPSA) is 58.2 Å². The summed E-state index contributed by atoms with van der Waals surface area (Å²) < 4.78 is 0. The van der Waals surface area contributed by atoms with E-state index in [1.165, 1.54) is 5.56 Å². The minimum atomic E-state index is -0.649. The highest BCUT2D eigenvalue weighted by Crippen LogP contribution is 2.14. The molecule has 2 amide bonds. The highest BCUT2D eigenvalue weighted by molar-refractivity contribution is 6.35. The summed E-state index contributed by atoms with van der Waals surface area (Å²) in [5.41, 5.74) is 3.08. The van der Waals surface area contributed by atoms with Gasteiger partial charge in [-0.3, -0.25) is 9.59 Å². The molecule has 0 heterocycles. The maximum absolute atomic E-state index is 11.8. The van der Waals surface area contributed by atoms with Gasteiger partial charge in [0.1, 0.15) is 0 Å². The normalized spacial score (nSPS) is 10.5. The first-order valence-electron chi connectivity index (χ1n) is 7.85. The molecule has 4 nitrogen and oxygen atoms in total. The first kappa shape index (κ1) is 18.0. The lowest BCUT2D eigenvalue weighted by Gasteiger charge is -2.09. The number of hydrogen-bond donors (Lipinski definition) is 2. The van der Waals surface area contributed by atoms with Gasteiger partial charge in [-0.25, -0.2) is 0 Å². The Balaban J connectivity index is 1.78. The van der Waals surface area contributed by atoms with Gasteiger partial charge in [0.2, 0.25) is 0 Å². The van der Waals surface area contributed by atoms with Crippen molar-refractivity contribution in [2.45, 2.75) is 32.9 Å². The fourth-order valence-corrected chi connectivity index (χ4v) is 2.27. The van der Waals surface area contributed by atoms with Crippen molar-refractivity contribution < 1.29 is 9.59 Å². The molecule has 0 saturated carbocycles. The lowest BCUT2D eigenvalue weighted by atomic mass is 10.0. The van der Waals surface area contributed by atoms with Gasteiger partial charge in [-0.1, -0.05) is 61.8 Å². The molecule has 2 N–H and O–H groups in total. The summed E-state index contributed by atoms with van der Waals surface area (Å²) in [4.78, 5) is 23.6. The van der Waals surface area contributed by atoms with Crippen molar-refractivity contribution in [2.75, 3.05) is 0 Å². The summed E-state index contributed by atoms with van der Waals surface area (Å²) in [6, 6.07) is 15.1. The van der Waals surface area contributed by atoms with Crippen LogP contribution in [-0.4, -0.2) is 11.8 Å². The van der Waals surface area contributed by atoms with Crippen LogP contribution in [0.2, 0.25) is 5.02 Å². The molecular weight excluding hydrogens is 324 g/mol. The molecule has 2 aromatic rings. The molecule has 0 unspecified atom stereocenters. The molecule has 0 fully saturated rings. The quantitative estimate of drug-likeness (QED) is 0.817. The predicted molar refractivity (Wildman–Crippen MR) is 95.7 cm³/mol. The lowest BCUT2D eigenvalue weighted by Crippen LogP contribution is -2.39. The van der Waals surface area contributed by atoms with Crippen LogP contribution < -0.4 is 10.6 Å². The standard InChI is InChI=1S/C19H21ClN2O2/c1-13(2)16-7-3-14(4-8-16)11-21-18(23)19(24)22-12-15-5-9-17(20)10-6-15/h3-10,13H,11-12H2,1-2H3,(H,21,23)(H,22,24). The average Bonchev–Trinajstić information content (AvgIpc) is 2.59. The molecule has 0 saturated heterocycles. The predicted octanol–water partition coefficient (Wildman–Crippen LogP) is 3.40. The second-order valence-electron chi connectivity index (χ2n) is 5.89. The molecule has 5 heteroatoms. The largest absolute Gasteiger partial charge is 0.344 e. The van der Waals surface area contributed by atoms with Crippen LogP contribution in [0.25, 0.3) is 0 Å². The van der Waals surface area contributed by atoms with E-state index >= 15 is 0 Å². The van der Waals surface area contributed by atoms with Gasteiger partial charge in [-0.05, 0) is 34.7 Å². The van der Waals surface area contributed by atoms with Crippen molar-refractivity contribution in [3.05, 3.63) is 70.2 Å². The summed E-state index contributed by atoms with van der Waals surface area (Å²) in [7, 11) is 0. The van der Waals surface area contributed by atoms with Crippen molar-refractivity contribution in [3.8, 4) is 0 Å². The SMILES string of the molecule is CC(C)c1ccc(CNC(=O)C(=O)NCc2ccc(Cl)cc2)cc1. The number of carbonyl (C=O) groups excluding carboxylic acids is 2. The minimum Gasteiger partial charge on any atom is -0.344 e. The zero-order chi connectivity index (χ0) is 17.5. The molecule has 126 valence electrons. The molecule has 0 bridgehead atoms. The van der Waals surface area contributed by atoms with E-state index < -0.39 is 11.8 Å². The van der Waals surface area contributed by atoms with Crippen molar-refractivity contribution in [3.63, 3.8) is 0 Å². The number of benzene rings is 2. The van der Waals surface area contributed by atoms with Gasteiger partial charge in [0.15, 0.2) is 0 Å². The van der Waals surface area contributed by atoms with Gasteiger partial charge in [0.05, 0.1) is 0 Å². The summed E-state index contributed by atoms with van der Waals surface area (Å²) in [5, 5.41) is 5.84. The third-order valence-corrected chi connectivity index (χ3v) is 3.92. The fraction of sp³-hybridized carbons (Fsp3) is 0.263. The average molecular weight is 345 g/mol. The van der Waals surface area contributed by atoms with Gasteiger partial charge in [0, 0.05) is 18.1 Å². The van der Waals surface area contributed by atoms with Crippen LogP contribution in [0.5, 0.6) is 0 Å². The second kappa shape index (κ2) is 8.50. The summed E-state index contributed by atoms with van der Waals surface area (Å²) in [6.45, 7) is 4.86. The molecule has 0 atom stereocenters. The van der Waals surface area contributed by atoms with E-state index in [-0.39, 0.29) is 6.54 Å². The van der Waals surface area contributed by atoms with E-state index in [2.05, 4.69) is 24.5 Å². The molecule has 0 spiro atoms. The Kier molecular flexibility index (Phi) is 6.38. The molecule has 0 aliphatic carbocycles. The maximum Gasteiger partial charge on any atom is 0.309 e. The molecular formula is C19H21ClN2O2. The zero-order valence-electron chi connectivity index (χ0n) is 13.8. The number of rotatable bonds is 5. The minimum absolute atomic E-state index is 0.284. The Bertz CT molecular complexity index is 694. The molecule has 2 rings (SSSR count). The number of carbonyl (C=O) groups is 2. The van der Waals surface area contributed by atoms with E-state index in [0.717, 1.165) is 11.1 Å². The van der Waals surface area contributed by atoms with Gasteiger partial charge in [-0.2, -0.15) is 0 Å². The van der Waals surface area contributed by atoms with Gasteiger partial charge >= 0.3 is 11.8 Å². The number of nitrogens with one attached hydrogen (secondary N) is 2. The van der Waals surface area contributed by atoms with Gasteiger partial charge < -0.3 is 10.6 Å². The van der Waals surface area contributed by atoms with Crippen molar-refractivity contribution in [1.29, 1.82) is 0 Å². The zero-order valence-corrected chi connectivity index (χ0v) is 14.6. The first-order chi connectivity index (χ1) is 11.5. The van der Waals surface area contributed by atoms with Crippen LogP contribution >= 0.6 is 11.6 Å². The number of hydrogen-bond acceptors (Lipinski definition) is 2. The molecule has 2 aromatic carbocycles. The highest BCUT2D eigenvalue weighted by atomic mass is 35.5. The summed E-state index contributed by atoms with van der Waals surface area (Å²) in [5.74, 6) is -0.826. The van der Waals surface area contributed by atoms with E-state index in [1.54, 1.807) is 24.3 Å². The molecule has 24 heavy (non-hydrogen) atoms. The Morgan fingerprint density at radius 3 is 1.67 bits per heavy atom. The second-order valence-corrected chi connectivity index (χ2v) is 6.32. The molecule has 0 radical (unpaired) electrons. The highest BCUT2D eigenvalue weighted by Gasteiger charge is 2.12. The monoisotopic (exact) mass is 344 g/mol. The van der Waals surface area contributed by atoms with Crippen LogP contribution in [0.15, 0.2) is 48.5 Å². The van der Waals surface area contributed by atoms with Gasteiger partial charge in [-0.15, -0.1) is 0 Å². The van der Waals surface area contributed by atoms with Crippen LogP contribution in [0.4, 0.5) is 0 Å². The number of halogens is 1. The smallest absolute Gasteiger partial charge is 0.309 e. The molecule has 0 aliphatic rings. The number of amides is 2. The lowest BCUT2D eigenvalue weighted by molar-refractivity contribution is -0.139. The van der Waals surface area contributed by atoms with Crippen molar-refractivity contribution >= 4 is 23.4 Å². The summed E-state index contributed by atoms with van der Waals surface area (Å²) in [6.07, 6.45) is 0. The Morgan fingerprint density at radius 1 is 0.833 bits per heavy atom. The fourth-order valence-electron chi connectivity index (χ4n) is 2.15. The van der Waals surface area contributed by atoms with Crippen molar-refractivity contribution in [1.82, 2.24) is 10.6 Å². The first-order valence-corrected chi connectivity index (χ1v) is 8.23. The molecule has 0 aromatic heterocycles. The maximum atomic E-state index is 11.8. The van der Waals surface area contributed by atoms with E-state index in [0.29, 0.717) is 17.5 Å². The summed E-state index contributed by atoms with van der Waals surface area (Å²) >= 11 is 5.80. The Labute approximate surface area is 147 Å². The molecule has 0 aliphatic heterocycles. The Hall–Kier alpha value is -2.33. The third kappa shape index (κ3) is 5.39.